The molecule has 116 valence electrons. The van der Waals surface area contributed by atoms with Crippen molar-refractivity contribution in [3.05, 3.63) is 11.9 Å². The number of aromatic nitrogens is 2. The summed E-state index contributed by atoms with van der Waals surface area (Å²) in [6.45, 7) is 12.0. The van der Waals surface area contributed by atoms with Crippen molar-refractivity contribution in [2.24, 2.45) is 0 Å². The fourth-order valence-electron chi connectivity index (χ4n) is 3.22. The van der Waals surface area contributed by atoms with E-state index in [-0.39, 0.29) is 0 Å². The third-order valence-corrected chi connectivity index (χ3v) is 4.46. The molecule has 0 unspecified atom stereocenters. The minimum Gasteiger partial charge on any atom is -0.370 e. The lowest BCUT2D eigenvalue weighted by molar-refractivity contribution is 0.247. The van der Waals surface area contributed by atoms with E-state index in [2.05, 4.69) is 45.9 Å². The zero-order valence-electron chi connectivity index (χ0n) is 13.5. The monoisotopic (exact) mass is 289 g/mol. The van der Waals surface area contributed by atoms with Crippen LogP contribution in [0.25, 0.3) is 0 Å². The summed E-state index contributed by atoms with van der Waals surface area (Å²) in [5.74, 6) is 2.56. The molecular weight excluding hydrogens is 262 g/mol. The van der Waals surface area contributed by atoms with Crippen molar-refractivity contribution < 1.29 is 0 Å². The molecule has 1 N–H and O–H groups in total. The van der Waals surface area contributed by atoms with Gasteiger partial charge in [-0.2, -0.15) is 0 Å². The highest BCUT2D eigenvalue weighted by molar-refractivity contribution is 5.60. The zero-order chi connectivity index (χ0) is 14.8. The summed E-state index contributed by atoms with van der Waals surface area (Å²) in [6.07, 6.45) is 4.50. The molecule has 3 rings (SSSR count). The van der Waals surface area contributed by atoms with Crippen LogP contribution in [0.2, 0.25) is 0 Å². The number of nitrogens with zero attached hydrogens (tertiary/aromatic N) is 4. The van der Waals surface area contributed by atoms with E-state index < -0.39 is 0 Å². The van der Waals surface area contributed by atoms with Gasteiger partial charge in [0.2, 0.25) is 0 Å². The molecule has 2 fully saturated rings. The van der Waals surface area contributed by atoms with Crippen LogP contribution in [0, 0.1) is 0 Å². The Morgan fingerprint density at radius 1 is 1.19 bits per heavy atom. The first kappa shape index (κ1) is 14.6. The Labute approximate surface area is 127 Å². The van der Waals surface area contributed by atoms with Gasteiger partial charge in [0, 0.05) is 44.3 Å². The molecule has 0 amide bonds. The first-order chi connectivity index (χ1) is 10.2. The van der Waals surface area contributed by atoms with Gasteiger partial charge in [-0.3, -0.25) is 4.90 Å². The van der Waals surface area contributed by atoms with Crippen LogP contribution in [0.4, 0.5) is 11.6 Å². The Morgan fingerprint density at radius 2 is 1.90 bits per heavy atom. The van der Waals surface area contributed by atoms with Crippen LogP contribution in [0.1, 0.15) is 45.1 Å². The summed E-state index contributed by atoms with van der Waals surface area (Å²) in [6, 6.07) is 0.874. The fraction of sp³-hybridized carbons (Fsp3) is 0.750. The number of nitrogens with one attached hydrogen (secondary N) is 1. The van der Waals surface area contributed by atoms with Gasteiger partial charge < -0.3 is 10.2 Å². The van der Waals surface area contributed by atoms with Gasteiger partial charge in [0.1, 0.15) is 18.0 Å². The molecule has 2 heterocycles. The van der Waals surface area contributed by atoms with E-state index in [9.17, 15) is 0 Å². The normalized spacial score (nSPS) is 20.1. The Bertz CT molecular complexity index is 476. The summed E-state index contributed by atoms with van der Waals surface area (Å²) in [7, 11) is 0. The Hall–Kier alpha value is -1.36. The minimum atomic E-state index is 0.428. The van der Waals surface area contributed by atoms with Gasteiger partial charge in [0.05, 0.1) is 0 Å². The Balaban J connectivity index is 1.79. The highest BCUT2D eigenvalue weighted by atomic mass is 15.3. The zero-order valence-corrected chi connectivity index (χ0v) is 13.5. The number of rotatable bonds is 5. The maximum Gasteiger partial charge on any atom is 0.137 e. The third kappa shape index (κ3) is 3.12. The van der Waals surface area contributed by atoms with Gasteiger partial charge >= 0.3 is 0 Å². The molecule has 1 aromatic heterocycles. The molecule has 5 heteroatoms. The lowest BCUT2D eigenvalue weighted by Gasteiger charge is -2.36. The van der Waals surface area contributed by atoms with Gasteiger partial charge in [-0.15, -0.1) is 0 Å². The molecule has 2 aliphatic rings. The fourth-order valence-corrected chi connectivity index (χ4v) is 3.22. The molecule has 0 radical (unpaired) electrons. The number of piperazine rings is 1. The Kier molecular flexibility index (Phi) is 4.29. The average Bonchev–Trinajstić information content (AvgIpc) is 3.32. The van der Waals surface area contributed by atoms with Crippen molar-refractivity contribution >= 4 is 11.6 Å². The molecule has 0 bridgehead atoms. The smallest absolute Gasteiger partial charge is 0.137 e. The standard InChI is InChI=1S/C16H27N5/c1-4-17-15-14(12(2)3)16(19-11-18-15)21-9-7-20(8-10-21)13-5-6-13/h11-13H,4-10H2,1-3H3,(H,17,18,19). The van der Waals surface area contributed by atoms with Crippen molar-refractivity contribution in [1.29, 1.82) is 0 Å². The minimum absolute atomic E-state index is 0.428. The second-order valence-corrected chi connectivity index (χ2v) is 6.40. The topological polar surface area (TPSA) is 44.3 Å². The van der Waals surface area contributed by atoms with E-state index in [1.54, 1.807) is 6.33 Å². The lowest BCUT2D eigenvalue weighted by atomic mass is 10.0. The van der Waals surface area contributed by atoms with E-state index >= 15 is 0 Å². The largest absolute Gasteiger partial charge is 0.370 e. The highest BCUT2D eigenvalue weighted by Gasteiger charge is 2.32. The van der Waals surface area contributed by atoms with Gasteiger partial charge in [-0.25, -0.2) is 9.97 Å². The van der Waals surface area contributed by atoms with E-state index in [1.165, 1.54) is 31.5 Å². The number of hydrogen-bond acceptors (Lipinski definition) is 5. The number of anilines is 2. The molecule has 1 saturated carbocycles. The summed E-state index contributed by atoms with van der Waals surface area (Å²) in [5, 5.41) is 3.39. The maximum atomic E-state index is 4.61. The predicted octanol–water partition coefficient (Wildman–Crippen LogP) is 2.32. The first-order valence-electron chi connectivity index (χ1n) is 8.28. The highest BCUT2D eigenvalue weighted by Crippen LogP contribution is 2.33. The van der Waals surface area contributed by atoms with E-state index in [1.807, 2.05) is 0 Å². The van der Waals surface area contributed by atoms with Crippen LogP contribution in [-0.4, -0.2) is 53.6 Å². The van der Waals surface area contributed by atoms with Gasteiger partial charge in [0.25, 0.3) is 0 Å². The van der Waals surface area contributed by atoms with Gasteiger partial charge in [-0.1, -0.05) is 13.8 Å². The van der Waals surface area contributed by atoms with Gasteiger partial charge in [-0.05, 0) is 25.7 Å². The van der Waals surface area contributed by atoms with Crippen molar-refractivity contribution in [3.8, 4) is 0 Å². The second kappa shape index (κ2) is 6.18. The lowest BCUT2D eigenvalue weighted by Crippen LogP contribution is -2.47. The predicted molar refractivity (Wildman–Crippen MR) is 87.1 cm³/mol. The SMILES string of the molecule is CCNc1ncnc(N2CCN(C3CC3)CC2)c1C(C)C. The summed E-state index contributed by atoms with van der Waals surface area (Å²) in [4.78, 5) is 14.1. The van der Waals surface area contributed by atoms with E-state index in [4.69, 9.17) is 0 Å². The summed E-state index contributed by atoms with van der Waals surface area (Å²) >= 11 is 0. The summed E-state index contributed by atoms with van der Waals surface area (Å²) < 4.78 is 0. The van der Waals surface area contributed by atoms with E-state index in [0.29, 0.717) is 5.92 Å². The molecule has 1 aromatic rings. The first-order valence-corrected chi connectivity index (χ1v) is 8.28. The second-order valence-electron chi connectivity index (χ2n) is 6.40. The van der Waals surface area contributed by atoms with E-state index in [0.717, 1.165) is 37.3 Å². The van der Waals surface area contributed by atoms with Crippen molar-refractivity contribution in [3.63, 3.8) is 0 Å². The quantitative estimate of drug-likeness (QED) is 0.901. The summed E-state index contributed by atoms with van der Waals surface area (Å²) in [5.41, 5.74) is 1.26. The van der Waals surface area contributed by atoms with Crippen molar-refractivity contribution in [2.75, 3.05) is 42.9 Å². The van der Waals surface area contributed by atoms with Gasteiger partial charge in [0.15, 0.2) is 0 Å². The molecule has 0 aromatic carbocycles. The van der Waals surface area contributed by atoms with Crippen LogP contribution in [0.5, 0.6) is 0 Å². The number of hydrogen-bond donors (Lipinski definition) is 1. The molecule has 1 saturated heterocycles. The molecule has 5 nitrogen and oxygen atoms in total. The molecular formula is C16H27N5. The molecule has 0 spiro atoms. The molecule has 0 atom stereocenters. The van der Waals surface area contributed by atoms with Crippen LogP contribution in [0.15, 0.2) is 6.33 Å². The van der Waals surface area contributed by atoms with Crippen molar-refractivity contribution in [2.45, 2.75) is 45.6 Å². The molecule has 21 heavy (non-hydrogen) atoms. The van der Waals surface area contributed by atoms with Crippen LogP contribution in [-0.2, 0) is 0 Å². The van der Waals surface area contributed by atoms with Crippen LogP contribution < -0.4 is 10.2 Å². The Morgan fingerprint density at radius 3 is 2.48 bits per heavy atom. The molecule has 1 aliphatic heterocycles. The van der Waals surface area contributed by atoms with Crippen LogP contribution >= 0.6 is 0 Å². The third-order valence-electron chi connectivity index (χ3n) is 4.46. The maximum absolute atomic E-state index is 4.61. The molecule has 1 aliphatic carbocycles. The van der Waals surface area contributed by atoms with Crippen molar-refractivity contribution in [1.82, 2.24) is 14.9 Å². The van der Waals surface area contributed by atoms with Crippen LogP contribution in [0.3, 0.4) is 0 Å². The average molecular weight is 289 g/mol.